The van der Waals surface area contributed by atoms with Crippen LogP contribution in [-0.2, 0) is 21.4 Å². The molecule has 0 bridgehead atoms. The summed E-state index contributed by atoms with van der Waals surface area (Å²) in [6.07, 6.45) is 1.63. The molecule has 0 N–H and O–H groups in total. The van der Waals surface area contributed by atoms with E-state index in [2.05, 4.69) is 53.4 Å². The lowest BCUT2D eigenvalue weighted by Gasteiger charge is -2.40. The molecule has 0 radical (unpaired) electrons. The summed E-state index contributed by atoms with van der Waals surface area (Å²) in [7, 11) is -3.81. The lowest BCUT2D eigenvalue weighted by atomic mass is 9.96. The second kappa shape index (κ2) is 12.6. The Bertz CT molecular complexity index is 1430. The van der Waals surface area contributed by atoms with E-state index in [0.29, 0.717) is 18.8 Å². The summed E-state index contributed by atoms with van der Waals surface area (Å²) in [6, 6.07) is 31.2. The number of carbonyl (C=O) groups is 1. The number of rotatable bonds is 10. The second-order valence-corrected chi connectivity index (χ2v) is 12.1. The minimum atomic E-state index is -3.81. The Hall–Kier alpha value is -3.72. The van der Waals surface area contributed by atoms with Crippen molar-refractivity contribution >= 4 is 15.9 Å². The molecule has 1 aliphatic heterocycles. The van der Waals surface area contributed by atoms with Crippen LogP contribution >= 0.6 is 0 Å². The van der Waals surface area contributed by atoms with Crippen molar-refractivity contribution in [3.05, 3.63) is 126 Å². The minimum absolute atomic E-state index is 0.0424. The fourth-order valence-corrected chi connectivity index (χ4v) is 6.62. The molecule has 40 heavy (non-hydrogen) atoms. The highest BCUT2D eigenvalue weighted by atomic mass is 32.2. The summed E-state index contributed by atoms with van der Waals surface area (Å²) >= 11 is 0. The second-order valence-electron chi connectivity index (χ2n) is 10.1. The van der Waals surface area contributed by atoms with Crippen LogP contribution < -0.4 is 0 Å². The molecular formula is C32H35N3O4S. The zero-order valence-corrected chi connectivity index (χ0v) is 23.5. The number of sulfonamides is 1. The zero-order chi connectivity index (χ0) is 28.0. The third-order valence-corrected chi connectivity index (χ3v) is 9.27. The molecule has 0 aliphatic carbocycles. The maximum absolute atomic E-state index is 13.5. The SMILES string of the molecule is Cc1ccc(S(=O)(=O)N(CCC(=O)N2CCN(C(c3ccccc3)c3ccccc3)CC2)Cc2ccco2)cc1. The van der Waals surface area contributed by atoms with Gasteiger partial charge in [-0.25, -0.2) is 8.42 Å². The minimum Gasteiger partial charge on any atom is -0.468 e. The van der Waals surface area contributed by atoms with Gasteiger partial charge in [-0.15, -0.1) is 0 Å². The Morgan fingerprint density at radius 1 is 0.825 bits per heavy atom. The Kier molecular flexibility index (Phi) is 8.79. The molecule has 208 valence electrons. The summed E-state index contributed by atoms with van der Waals surface area (Å²) in [4.78, 5) is 17.8. The molecule has 0 unspecified atom stereocenters. The van der Waals surface area contributed by atoms with E-state index in [0.717, 1.165) is 18.7 Å². The van der Waals surface area contributed by atoms with Crippen LogP contribution in [0.1, 0.15) is 34.9 Å². The third kappa shape index (κ3) is 6.53. The highest BCUT2D eigenvalue weighted by Gasteiger charge is 2.30. The Labute approximate surface area is 236 Å². The van der Waals surface area contributed by atoms with Crippen molar-refractivity contribution < 1.29 is 17.6 Å². The summed E-state index contributed by atoms with van der Waals surface area (Å²) in [5.74, 6) is 0.490. The van der Waals surface area contributed by atoms with Gasteiger partial charge in [-0.2, -0.15) is 4.31 Å². The van der Waals surface area contributed by atoms with Gasteiger partial charge in [0.05, 0.1) is 23.7 Å². The van der Waals surface area contributed by atoms with Crippen LogP contribution in [0.25, 0.3) is 0 Å². The molecule has 0 atom stereocenters. The lowest BCUT2D eigenvalue weighted by Crippen LogP contribution is -2.50. The van der Waals surface area contributed by atoms with Crippen molar-refractivity contribution in [3.63, 3.8) is 0 Å². The zero-order valence-electron chi connectivity index (χ0n) is 22.7. The van der Waals surface area contributed by atoms with E-state index in [1.165, 1.54) is 21.7 Å². The topological polar surface area (TPSA) is 74.1 Å². The maximum Gasteiger partial charge on any atom is 0.243 e. The molecule has 3 aromatic carbocycles. The number of hydrogen-bond acceptors (Lipinski definition) is 5. The van der Waals surface area contributed by atoms with E-state index in [-0.39, 0.29) is 36.4 Å². The molecule has 0 saturated carbocycles. The monoisotopic (exact) mass is 557 g/mol. The van der Waals surface area contributed by atoms with Crippen LogP contribution in [0.3, 0.4) is 0 Å². The van der Waals surface area contributed by atoms with Gasteiger partial charge >= 0.3 is 0 Å². The standard InChI is InChI=1S/C32H35N3O4S/c1-26-14-16-30(17-15-26)40(37,38)35(25-29-13-8-24-39-29)19-18-31(36)33-20-22-34(23-21-33)32(27-9-4-2-5-10-27)28-11-6-3-7-12-28/h2-17,24,32H,18-23,25H2,1H3. The number of benzene rings is 3. The van der Waals surface area contributed by atoms with Crippen molar-refractivity contribution in [1.29, 1.82) is 0 Å². The molecule has 0 spiro atoms. The van der Waals surface area contributed by atoms with Gasteiger partial charge in [0, 0.05) is 39.1 Å². The number of carbonyl (C=O) groups excluding carboxylic acids is 1. The van der Waals surface area contributed by atoms with Gasteiger partial charge < -0.3 is 9.32 Å². The average Bonchev–Trinajstić information content (AvgIpc) is 3.50. The van der Waals surface area contributed by atoms with Gasteiger partial charge in [0.25, 0.3) is 0 Å². The van der Waals surface area contributed by atoms with Crippen LogP contribution in [0, 0.1) is 6.92 Å². The Morgan fingerprint density at radius 2 is 1.43 bits per heavy atom. The van der Waals surface area contributed by atoms with Gasteiger partial charge in [-0.1, -0.05) is 78.4 Å². The average molecular weight is 558 g/mol. The van der Waals surface area contributed by atoms with Crippen molar-refractivity contribution in [2.24, 2.45) is 0 Å². The van der Waals surface area contributed by atoms with Gasteiger partial charge in [0.2, 0.25) is 15.9 Å². The number of piperazine rings is 1. The summed E-state index contributed by atoms with van der Waals surface area (Å²) in [5.41, 5.74) is 3.43. The van der Waals surface area contributed by atoms with E-state index in [1.54, 1.807) is 36.4 Å². The molecule has 4 aromatic rings. The fraction of sp³-hybridized carbons (Fsp3) is 0.281. The van der Waals surface area contributed by atoms with Crippen LogP contribution in [-0.4, -0.2) is 61.2 Å². The first-order valence-corrected chi connectivity index (χ1v) is 15.1. The molecule has 7 nitrogen and oxygen atoms in total. The smallest absolute Gasteiger partial charge is 0.243 e. The fourth-order valence-electron chi connectivity index (χ4n) is 5.21. The number of aryl methyl sites for hydroxylation is 1. The summed E-state index contributed by atoms with van der Waals surface area (Å²) in [6.45, 7) is 4.72. The quantitative estimate of drug-likeness (QED) is 0.271. The van der Waals surface area contributed by atoms with E-state index >= 15 is 0 Å². The molecule has 5 rings (SSSR count). The normalized spacial score (nSPS) is 14.6. The lowest BCUT2D eigenvalue weighted by molar-refractivity contribution is -0.133. The first kappa shape index (κ1) is 27.8. The molecule has 1 saturated heterocycles. The van der Waals surface area contributed by atoms with Crippen molar-refractivity contribution in [3.8, 4) is 0 Å². The molecule has 2 heterocycles. The van der Waals surface area contributed by atoms with Crippen molar-refractivity contribution in [2.45, 2.75) is 30.8 Å². The Balaban J connectivity index is 1.25. The first-order chi connectivity index (χ1) is 19.4. The van der Waals surface area contributed by atoms with Gasteiger partial charge in [0.15, 0.2) is 0 Å². The summed E-state index contributed by atoms with van der Waals surface area (Å²) in [5, 5.41) is 0. The predicted octanol–water partition coefficient (Wildman–Crippen LogP) is 5.10. The maximum atomic E-state index is 13.5. The highest BCUT2D eigenvalue weighted by Crippen LogP contribution is 2.29. The first-order valence-electron chi connectivity index (χ1n) is 13.6. The molecular weight excluding hydrogens is 522 g/mol. The highest BCUT2D eigenvalue weighted by molar-refractivity contribution is 7.89. The van der Waals surface area contributed by atoms with Crippen LogP contribution in [0.4, 0.5) is 0 Å². The third-order valence-electron chi connectivity index (χ3n) is 7.41. The van der Waals surface area contributed by atoms with Crippen LogP contribution in [0.2, 0.25) is 0 Å². The van der Waals surface area contributed by atoms with E-state index in [9.17, 15) is 13.2 Å². The molecule has 1 aliphatic rings. The number of nitrogens with zero attached hydrogens (tertiary/aromatic N) is 3. The van der Waals surface area contributed by atoms with Crippen molar-refractivity contribution in [1.82, 2.24) is 14.1 Å². The van der Waals surface area contributed by atoms with Gasteiger partial charge in [0.1, 0.15) is 5.76 Å². The van der Waals surface area contributed by atoms with Crippen molar-refractivity contribution in [2.75, 3.05) is 32.7 Å². The predicted molar refractivity (Wildman–Crippen MR) is 155 cm³/mol. The van der Waals surface area contributed by atoms with Crippen LogP contribution in [0.15, 0.2) is 113 Å². The molecule has 8 heteroatoms. The largest absolute Gasteiger partial charge is 0.468 e. The number of furan rings is 1. The summed E-state index contributed by atoms with van der Waals surface area (Å²) < 4.78 is 33.8. The number of hydrogen-bond donors (Lipinski definition) is 0. The van der Waals surface area contributed by atoms with Gasteiger partial charge in [-0.05, 0) is 42.3 Å². The number of amides is 1. The Morgan fingerprint density at radius 3 is 1.98 bits per heavy atom. The van der Waals surface area contributed by atoms with Gasteiger partial charge in [-0.3, -0.25) is 9.69 Å². The molecule has 1 aromatic heterocycles. The van der Waals surface area contributed by atoms with E-state index in [4.69, 9.17) is 4.42 Å². The molecule has 1 fully saturated rings. The van der Waals surface area contributed by atoms with E-state index in [1.807, 2.05) is 24.0 Å². The molecule has 1 amide bonds. The van der Waals surface area contributed by atoms with Crippen LogP contribution in [0.5, 0.6) is 0 Å². The van der Waals surface area contributed by atoms with E-state index < -0.39 is 10.0 Å².